The Bertz CT molecular complexity index is 447. The van der Waals surface area contributed by atoms with Crippen molar-refractivity contribution in [1.29, 1.82) is 0 Å². The normalized spacial score (nSPS) is 11.0. The van der Waals surface area contributed by atoms with Gasteiger partial charge in [-0.25, -0.2) is 17.6 Å². The molecule has 5 nitrogen and oxygen atoms in total. The summed E-state index contributed by atoms with van der Waals surface area (Å²) in [6.07, 6.45) is 18.2. The summed E-state index contributed by atoms with van der Waals surface area (Å²) in [5, 5.41) is 0. The third-order valence-corrected chi connectivity index (χ3v) is 3.09. The number of hydrogen-bond donors (Lipinski definition) is 0. The van der Waals surface area contributed by atoms with Crippen molar-refractivity contribution < 1.29 is 17.5 Å². The van der Waals surface area contributed by atoms with Gasteiger partial charge in [0.2, 0.25) is 6.33 Å². The summed E-state index contributed by atoms with van der Waals surface area (Å²) in [5.41, 5.74) is 0. The Hall–Kier alpha value is -0.880. The number of rotatable bonds is 9. The Balaban J connectivity index is 0.000000690. The second-order valence-electron chi connectivity index (χ2n) is 5.50. The van der Waals surface area contributed by atoms with Gasteiger partial charge in [0.1, 0.15) is 12.4 Å². The van der Waals surface area contributed by atoms with Crippen molar-refractivity contribution in [3.63, 3.8) is 0 Å². The summed E-state index contributed by atoms with van der Waals surface area (Å²) in [7, 11) is -1.84. The van der Waals surface area contributed by atoms with Gasteiger partial charge in [-0.05, 0) is 12.8 Å². The molecule has 0 bridgehead atoms. The lowest BCUT2D eigenvalue weighted by atomic mass is 10.1. The van der Waals surface area contributed by atoms with E-state index >= 15 is 0 Å². The van der Waals surface area contributed by atoms with Crippen molar-refractivity contribution in [3.05, 3.63) is 18.7 Å². The molecule has 0 saturated carbocycles. The lowest BCUT2D eigenvalue weighted by Crippen LogP contribution is -2.23. The third kappa shape index (κ3) is 17.1. The second kappa shape index (κ2) is 11.7. The van der Waals surface area contributed by atoms with Crippen molar-refractivity contribution in [2.45, 2.75) is 64.8 Å². The largest absolute Gasteiger partial charge is 0.748 e. The molecule has 1 rings (SSSR count). The van der Waals surface area contributed by atoms with Gasteiger partial charge < -0.3 is 4.55 Å². The Morgan fingerprint density at radius 3 is 1.95 bits per heavy atom. The molecule has 0 fully saturated rings. The fraction of sp³-hybridized carbons (Fsp3) is 0.800. The predicted octanol–water partition coefficient (Wildman–Crippen LogP) is 2.61. The van der Waals surface area contributed by atoms with Crippen molar-refractivity contribution in [3.8, 4) is 0 Å². The van der Waals surface area contributed by atoms with Crippen molar-refractivity contribution in [2.24, 2.45) is 7.05 Å². The molecular weight excluding hydrogens is 288 g/mol. The molecule has 6 heteroatoms. The summed E-state index contributed by atoms with van der Waals surface area (Å²) >= 11 is 0. The lowest BCUT2D eigenvalue weighted by molar-refractivity contribution is -0.671. The van der Waals surface area contributed by atoms with Gasteiger partial charge in [-0.2, -0.15) is 0 Å². The van der Waals surface area contributed by atoms with Crippen LogP contribution >= 0.6 is 0 Å². The zero-order valence-corrected chi connectivity index (χ0v) is 14.4. The van der Waals surface area contributed by atoms with Crippen LogP contribution in [0.1, 0.15) is 58.3 Å². The third-order valence-electron chi connectivity index (χ3n) is 3.09. The highest BCUT2D eigenvalue weighted by molar-refractivity contribution is 7.84. The molecule has 0 atom stereocenters. The fourth-order valence-corrected chi connectivity index (χ4v) is 2.06. The van der Waals surface area contributed by atoms with E-state index < -0.39 is 10.1 Å². The second-order valence-corrected chi connectivity index (χ2v) is 6.90. The molecular formula is C15H30N2O3S. The number of aryl methyl sites for hydroxylation is 2. The first-order valence-corrected chi connectivity index (χ1v) is 9.56. The van der Waals surface area contributed by atoms with Crippen molar-refractivity contribution in [2.75, 3.05) is 6.26 Å². The van der Waals surface area contributed by atoms with Crippen LogP contribution in [0.4, 0.5) is 0 Å². The van der Waals surface area contributed by atoms with E-state index in [0.717, 1.165) is 0 Å². The first kappa shape index (κ1) is 20.1. The number of aromatic nitrogens is 2. The summed E-state index contributed by atoms with van der Waals surface area (Å²) in [6.45, 7) is 3.45. The topological polar surface area (TPSA) is 66.0 Å². The van der Waals surface area contributed by atoms with Gasteiger partial charge in [0.05, 0.1) is 23.7 Å². The van der Waals surface area contributed by atoms with Crippen LogP contribution in [0.15, 0.2) is 18.7 Å². The molecule has 124 valence electrons. The number of imidazole rings is 1. The maximum atomic E-state index is 9.08. The molecule has 0 aliphatic rings. The molecule has 0 N–H and O–H groups in total. The van der Waals surface area contributed by atoms with E-state index in [1.165, 1.54) is 57.9 Å². The average molecular weight is 318 g/mol. The minimum Gasteiger partial charge on any atom is -0.748 e. The smallest absolute Gasteiger partial charge is 0.243 e. The van der Waals surface area contributed by atoms with E-state index in [0.29, 0.717) is 6.26 Å². The Morgan fingerprint density at radius 2 is 1.52 bits per heavy atom. The van der Waals surface area contributed by atoms with Crippen LogP contribution in [-0.2, 0) is 23.7 Å². The molecule has 0 radical (unpaired) electrons. The van der Waals surface area contributed by atoms with E-state index in [-0.39, 0.29) is 0 Å². The molecule has 21 heavy (non-hydrogen) atoms. The first-order valence-electron chi connectivity index (χ1n) is 7.74. The van der Waals surface area contributed by atoms with E-state index in [1.807, 2.05) is 0 Å². The highest BCUT2D eigenvalue weighted by atomic mass is 32.2. The van der Waals surface area contributed by atoms with Gasteiger partial charge in [0.25, 0.3) is 0 Å². The number of unbranched alkanes of at least 4 members (excludes halogenated alkanes) is 7. The summed E-state index contributed by atoms with van der Waals surface area (Å²) in [4.78, 5) is 0. The standard InChI is InChI=1S/C14H27N2.CH4O3S/c1-3-4-5-6-7-8-9-10-11-16-13-12-15(2)14-16;1-5(2,3)4/h12-14H,3-11H2,1-2H3;1H3,(H,2,3,4)/q+1;/p-1. The molecule has 0 amide bonds. The molecule has 0 aliphatic carbocycles. The highest BCUT2D eigenvalue weighted by Crippen LogP contribution is 2.08. The van der Waals surface area contributed by atoms with Crippen molar-refractivity contribution in [1.82, 2.24) is 4.57 Å². The van der Waals surface area contributed by atoms with E-state index in [9.17, 15) is 0 Å². The predicted molar refractivity (Wildman–Crippen MR) is 83.8 cm³/mol. The van der Waals surface area contributed by atoms with Crippen molar-refractivity contribution >= 4 is 10.1 Å². The van der Waals surface area contributed by atoms with Gasteiger partial charge in [-0.3, -0.25) is 0 Å². The molecule has 0 aromatic carbocycles. The van der Waals surface area contributed by atoms with Gasteiger partial charge in [-0.15, -0.1) is 0 Å². The van der Waals surface area contributed by atoms with E-state index in [2.05, 4.69) is 41.8 Å². The maximum absolute atomic E-state index is 9.08. The molecule has 0 aliphatic heterocycles. The minimum absolute atomic E-state index is 0.604. The van der Waals surface area contributed by atoms with Crippen LogP contribution in [0.5, 0.6) is 0 Å². The van der Waals surface area contributed by atoms with Gasteiger partial charge in [0.15, 0.2) is 0 Å². The number of hydrogen-bond acceptors (Lipinski definition) is 3. The maximum Gasteiger partial charge on any atom is 0.243 e. The Morgan fingerprint density at radius 1 is 1.05 bits per heavy atom. The zero-order valence-electron chi connectivity index (χ0n) is 13.6. The molecule has 0 unspecified atom stereocenters. The minimum atomic E-state index is -3.92. The molecule has 0 spiro atoms. The van der Waals surface area contributed by atoms with Crippen LogP contribution in [0.3, 0.4) is 0 Å². The monoisotopic (exact) mass is 318 g/mol. The Kier molecular flexibility index (Phi) is 11.3. The van der Waals surface area contributed by atoms with Crippen LogP contribution in [0.2, 0.25) is 0 Å². The molecule has 1 heterocycles. The van der Waals surface area contributed by atoms with Crippen LogP contribution in [0, 0.1) is 0 Å². The van der Waals surface area contributed by atoms with Gasteiger partial charge in [-0.1, -0.05) is 45.4 Å². The summed E-state index contributed by atoms with van der Waals surface area (Å²) < 4.78 is 31.6. The van der Waals surface area contributed by atoms with E-state index in [1.54, 1.807) is 0 Å². The van der Waals surface area contributed by atoms with E-state index in [4.69, 9.17) is 13.0 Å². The molecule has 0 saturated heterocycles. The summed E-state index contributed by atoms with van der Waals surface area (Å²) in [6, 6.07) is 0. The average Bonchev–Trinajstić information content (AvgIpc) is 2.76. The van der Waals surface area contributed by atoms with Crippen LogP contribution < -0.4 is 4.57 Å². The highest BCUT2D eigenvalue weighted by Gasteiger charge is 1.98. The molecule has 1 aromatic heterocycles. The zero-order chi connectivity index (χ0) is 16.1. The quantitative estimate of drug-likeness (QED) is 0.399. The lowest BCUT2D eigenvalue weighted by Gasteiger charge is -2.00. The van der Waals surface area contributed by atoms with Crippen LogP contribution in [-0.4, -0.2) is 23.8 Å². The molecule has 1 aromatic rings. The summed E-state index contributed by atoms with van der Waals surface area (Å²) in [5.74, 6) is 0. The fourth-order valence-electron chi connectivity index (χ4n) is 2.06. The first-order chi connectivity index (χ1) is 9.83. The van der Waals surface area contributed by atoms with Crippen LogP contribution in [0.25, 0.3) is 0 Å². The Labute approximate surface area is 129 Å². The number of nitrogens with zero attached hydrogens (tertiary/aromatic N) is 2. The van der Waals surface area contributed by atoms with Gasteiger partial charge >= 0.3 is 0 Å². The van der Waals surface area contributed by atoms with Gasteiger partial charge in [0, 0.05) is 6.26 Å². The SMILES string of the molecule is CCCCCCCCCCn1cc[n+](C)c1.CS(=O)(=O)[O-].